The number of benzene rings is 3. The lowest BCUT2D eigenvalue weighted by Gasteiger charge is -2.04. The zero-order valence-corrected chi connectivity index (χ0v) is 17.2. The minimum absolute atomic E-state index is 0.0623. The predicted octanol–water partition coefficient (Wildman–Crippen LogP) is 5.35. The van der Waals surface area contributed by atoms with Crippen LogP contribution in [0.4, 0.5) is 5.69 Å². The second kappa shape index (κ2) is 7.76. The van der Waals surface area contributed by atoms with Gasteiger partial charge in [0, 0.05) is 23.3 Å². The van der Waals surface area contributed by atoms with E-state index in [4.69, 9.17) is 13.6 Å². The number of nitro groups is 1. The Balaban J connectivity index is 1.81. The van der Waals surface area contributed by atoms with Gasteiger partial charge in [0.05, 0.1) is 17.4 Å². The summed E-state index contributed by atoms with van der Waals surface area (Å²) in [7, 11) is 1.52. The van der Waals surface area contributed by atoms with Gasteiger partial charge >= 0.3 is 5.63 Å². The van der Waals surface area contributed by atoms with Crippen LogP contribution in [0.3, 0.4) is 0 Å². The fourth-order valence-corrected chi connectivity index (χ4v) is 3.77. The summed E-state index contributed by atoms with van der Waals surface area (Å²) >= 11 is 0. The lowest BCUT2D eigenvalue weighted by molar-refractivity contribution is -0.384. The average molecular weight is 441 g/mol. The molecule has 2 heterocycles. The molecular weight excluding hydrogens is 426 g/mol. The minimum Gasteiger partial charge on any atom is -0.497 e. The van der Waals surface area contributed by atoms with Crippen molar-refractivity contribution in [2.45, 2.75) is 0 Å². The number of nitrogens with zero attached hydrogens (tertiary/aromatic N) is 1. The molecule has 3 aromatic carbocycles. The van der Waals surface area contributed by atoms with Crippen molar-refractivity contribution in [1.82, 2.24) is 0 Å². The van der Waals surface area contributed by atoms with Crippen LogP contribution in [-0.4, -0.2) is 17.8 Å². The highest BCUT2D eigenvalue weighted by Crippen LogP contribution is 2.38. The Morgan fingerprint density at radius 2 is 1.64 bits per heavy atom. The summed E-state index contributed by atoms with van der Waals surface area (Å²) in [5, 5.41) is 11.7. The zero-order chi connectivity index (χ0) is 23.1. The van der Waals surface area contributed by atoms with E-state index in [2.05, 4.69) is 0 Å². The Morgan fingerprint density at radius 1 is 0.939 bits per heavy atom. The predicted molar refractivity (Wildman–Crippen MR) is 121 cm³/mol. The number of methoxy groups -OCH3 is 1. The quantitative estimate of drug-likeness (QED) is 0.156. The fourth-order valence-electron chi connectivity index (χ4n) is 3.77. The molecule has 0 saturated heterocycles. The van der Waals surface area contributed by atoms with Crippen LogP contribution < -0.4 is 10.4 Å². The first-order chi connectivity index (χ1) is 16.0. The first-order valence-electron chi connectivity index (χ1n) is 9.90. The van der Waals surface area contributed by atoms with Gasteiger partial charge in [0.1, 0.15) is 16.7 Å². The molecular formula is C25H15NO7. The third kappa shape index (κ3) is 3.34. The molecule has 0 saturated carbocycles. The minimum atomic E-state index is -0.672. The Morgan fingerprint density at radius 3 is 2.30 bits per heavy atom. The first kappa shape index (κ1) is 20.2. The molecule has 33 heavy (non-hydrogen) atoms. The number of para-hydroxylation sites is 1. The molecule has 0 radical (unpaired) electrons. The smallest absolute Gasteiger partial charge is 0.348 e. The molecule has 0 spiro atoms. The van der Waals surface area contributed by atoms with Gasteiger partial charge in [-0.2, -0.15) is 0 Å². The number of furan rings is 1. The number of rotatable bonds is 5. The van der Waals surface area contributed by atoms with Crippen LogP contribution in [0.1, 0.15) is 16.1 Å². The van der Waals surface area contributed by atoms with E-state index in [1.165, 1.54) is 31.4 Å². The summed E-state index contributed by atoms with van der Waals surface area (Å²) in [5.41, 5.74) is 0.710. The molecule has 8 nitrogen and oxygen atoms in total. The normalized spacial score (nSPS) is 11.1. The summed E-state index contributed by atoms with van der Waals surface area (Å²) in [6.45, 7) is 0. The molecule has 0 aliphatic rings. The molecule has 0 bridgehead atoms. The van der Waals surface area contributed by atoms with Crippen molar-refractivity contribution in [3.8, 4) is 16.9 Å². The Bertz CT molecular complexity index is 1590. The monoisotopic (exact) mass is 441 g/mol. The third-order valence-electron chi connectivity index (χ3n) is 5.37. The summed E-state index contributed by atoms with van der Waals surface area (Å²) in [4.78, 5) is 37.0. The number of ketones is 1. The highest BCUT2D eigenvalue weighted by molar-refractivity contribution is 6.18. The van der Waals surface area contributed by atoms with Crippen molar-refractivity contribution in [3.63, 3.8) is 0 Å². The number of hydrogen-bond acceptors (Lipinski definition) is 7. The molecule has 0 fully saturated rings. The number of fused-ring (bicyclic) bond motifs is 3. The van der Waals surface area contributed by atoms with E-state index in [0.717, 1.165) is 0 Å². The molecule has 162 valence electrons. The van der Waals surface area contributed by atoms with Gasteiger partial charge in [-0.1, -0.05) is 12.1 Å². The molecule has 0 atom stereocenters. The van der Waals surface area contributed by atoms with Gasteiger partial charge in [-0.25, -0.2) is 4.79 Å². The molecule has 0 aliphatic carbocycles. The number of nitro benzene ring substituents is 1. The molecule has 5 rings (SSSR count). The average Bonchev–Trinajstić information content (AvgIpc) is 3.25. The van der Waals surface area contributed by atoms with Gasteiger partial charge in [-0.3, -0.25) is 14.9 Å². The van der Waals surface area contributed by atoms with Gasteiger partial charge in [-0.05, 0) is 54.1 Å². The van der Waals surface area contributed by atoms with E-state index in [0.29, 0.717) is 27.8 Å². The van der Waals surface area contributed by atoms with Crippen LogP contribution in [0.25, 0.3) is 33.1 Å². The lowest BCUT2D eigenvalue weighted by atomic mass is 9.98. The first-order valence-corrected chi connectivity index (χ1v) is 9.90. The Labute approximate surface area is 185 Å². The van der Waals surface area contributed by atoms with Crippen LogP contribution in [0.15, 0.2) is 86.4 Å². The number of ether oxygens (including phenoxy) is 1. The number of non-ortho nitro benzene ring substituents is 1. The highest BCUT2D eigenvalue weighted by Gasteiger charge is 2.27. The van der Waals surface area contributed by atoms with Crippen molar-refractivity contribution >= 4 is 33.4 Å². The van der Waals surface area contributed by atoms with Crippen LogP contribution in [0.2, 0.25) is 0 Å². The number of carbonyl (C=O) groups excluding carboxylic acids is 1. The van der Waals surface area contributed by atoms with E-state index >= 15 is 0 Å². The van der Waals surface area contributed by atoms with E-state index in [9.17, 15) is 19.7 Å². The second-order valence-electron chi connectivity index (χ2n) is 7.26. The van der Waals surface area contributed by atoms with Gasteiger partial charge in [0.15, 0.2) is 11.3 Å². The SMILES string of the molecule is COc1ccc(C(=O)c2oc3c(c2-c2ccc([N+](=O)[O-])cc2)c(=O)oc2ccccc23)cc1. The maximum absolute atomic E-state index is 13.5. The second-order valence-corrected chi connectivity index (χ2v) is 7.26. The van der Waals surface area contributed by atoms with Crippen LogP contribution in [-0.2, 0) is 0 Å². The molecule has 0 unspecified atom stereocenters. The van der Waals surface area contributed by atoms with Crippen molar-refractivity contribution in [2.24, 2.45) is 0 Å². The van der Waals surface area contributed by atoms with Crippen molar-refractivity contribution < 1.29 is 23.3 Å². The van der Waals surface area contributed by atoms with E-state index in [-0.39, 0.29) is 28.0 Å². The molecule has 0 aliphatic heterocycles. The molecule has 0 N–H and O–H groups in total. The number of hydrogen-bond donors (Lipinski definition) is 0. The Hall–Kier alpha value is -4.72. The summed E-state index contributed by atoms with van der Waals surface area (Å²) in [6, 6.07) is 18.9. The van der Waals surface area contributed by atoms with E-state index in [1.807, 2.05) is 0 Å². The largest absolute Gasteiger partial charge is 0.497 e. The lowest BCUT2D eigenvalue weighted by Crippen LogP contribution is -2.04. The molecule has 8 heteroatoms. The highest BCUT2D eigenvalue weighted by atomic mass is 16.6. The van der Waals surface area contributed by atoms with E-state index < -0.39 is 16.3 Å². The standard InChI is InChI=1S/C25H15NO7/c1-31-17-12-8-15(9-13-17)22(27)24-20(14-6-10-16(11-7-14)26(29)30)21-23(33-24)18-4-2-3-5-19(18)32-25(21)28/h2-13H,1H3. The van der Waals surface area contributed by atoms with Crippen molar-refractivity contribution in [2.75, 3.05) is 7.11 Å². The van der Waals surface area contributed by atoms with Crippen LogP contribution in [0.5, 0.6) is 5.75 Å². The van der Waals surface area contributed by atoms with Crippen molar-refractivity contribution in [3.05, 3.63) is 105 Å². The maximum atomic E-state index is 13.5. The van der Waals surface area contributed by atoms with Crippen LogP contribution >= 0.6 is 0 Å². The van der Waals surface area contributed by atoms with Crippen LogP contribution in [0, 0.1) is 10.1 Å². The summed E-state index contributed by atoms with van der Waals surface area (Å²) < 4.78 is 16.6. The summed E-state index contributed by atoms with van der Waals surface area (Å²) in [6.07, 6.45) is 0. The molecule has 0 amide bonds. The van der Waals surface area contributed by atoms with Crippen molar-refractivity contribution in [1.29, 1.82) is 0 Å². The molecule has 5 aromatic rings. The van der Waals surface area contributed by atoms with Gasteiger partial charge in [0.25, 0.3) is 5.69 Å². The molecule has 2 aromatic heterocycles. The van der Waals surface area contributed by atoms with Gasteiger partial charge in [0.2, 0.25) is 5.78 Å². The maximum Gasteiger partial charge on any atom is 0.348 e. The van der Waals surface area contributed by atoms with E-state index in [1.54, 1.807) is 48.5 Å². The zero-order valence-electron chi connectivity index (χ0n) is 17.2. The topological polar surface area (TPSA) is 113 Å². The third-order valence-corrected chi connectivity index (χ3v) is 5.37. The number of carbonyl (C=O) groups is 1. The fraction of sp³-hybridized carbons (Fsp3) is 0.0400. The summed E-state index contributed by atoms with van der Waals surface area (Å²) in [5.74, 6) is 0.0664. The van der Waals surface area contributed by atoms with Gasteiger partial charge in [-0.15, -0.1) is 0 Å². The van der Waals surface area contributed by atoms with Gasteiger partial charge < -0.3 is 13.6 Å². The Kier molecular flexibility index (Phi) is 4.75.